The van der Waals surface area contributed by atoms with Gasteiger partial charge in [0.15, 0.2) is 11.6 Å². The molecule has 0 spiro atoms. The first-order valence-corrected chi connectivity index (χ1v) is 11.5. The van der Waals surface area contributed by atoms with Crippen molar-refractivity contribution in [3.05, 3.63) is 47.4 Å². The Morgan fingerprint density at radius 1 is 1.18 bits per heavy atom. The topological polar surface area (TPSA) is 67.2 Å². The highest BCUT2D eigenvalue weighted by Crippen LogP contribution is 2.37. The first kappa shape index (κ1) is 22.6. The van der Waals surface area contributed by atoms with Crippen molar-refractivity contribution < 1.29 is 18.0 Å². The van der Waals surface area contributed by atoms with Crippen molar-refractivity contribution in [2.75, 3.05) is 24.5 Å². The number of benzene rings is 1. The maximum absolute atomic E-state index is 14.9. The van der Waals surface area contributed by atoms with E-state index < -0.39 is 11.7 Å². The molecule has 3 aromatic rings. The van der Waals surface area contributed by atoms with Gasteiger partial charge in [-0.2, -0.15) is 0 Å². The number of halogens is 3. The van der Waals surface area contributed by atoms with Crippen molar-refractivity contribution in [3.8, 4) is 0 Å². The summed E-state index contributed by atoms with van der Waals surface area (Å²) in [6, 6.07) is 4.15. The third-order valence-corrected chi connectivity index (χ3v) is 7.09. The summed E-state index contributed by atoms with van der Waals surface area (Å²) in [4.78, 5) is 21.1. The van der Waals surface area contributed by atoms with Crippen molar-refractivity contribution in [3.63, 3.8) is 0 Å². The minimum absolute atomic E-state index is 0.00959. The van der Waals surface area contributed by atoms with Gasteiger partial charge >= 0.3 is 0 Å². The normalized spacial score (nSPS) is 21.1. The Hall–Kier alpha value is -3.17. The summed E-state index contributed by atoms with van der Waals surface area (Å²) in [6.45, 7) is 7.46. The molecule has 1 aromatic carbocycles. The summed E-state index contributed by atoms with van der Waals surface area (Å²) < 4.78 is 44.5. The molecular weight excluding hydrogens is 445 g/mol. The molecule has 7 nitrogen and oxygen atoms in total. The average Bonchev–Trinajstić information content (AvgIpc) is 3.17. The molecule has 1 fully saturated rings. The van der Waals surface area contributed by atoms with E-state index in [9.17, 15) is 18.0 Å². The van der Waals surface area contributed by atoms with E-state index in [1.807, 2.05) is 28.2 Å². The van der Waals surface area contributed by atoms with Crippen LogP contribution in [0.15, 0.2) is 24.4 Å². The fraction of sp³-hybridized carbons (Fsp3) is 0.500. The van der Waals surface area contributed by atoms with E-state index in [1.165, 1.54) is 18.2 Å². The summed E-state index contributed by atoms with van der Waals surface area (Å²) in [7, 11) is 0. The highest BCUT2D eigenvalue weighted by molar-refractivity contribution is 5.92. The fourth-order valence-corrected chi connectivity index (χ4v) is 5.19. The highest BCUT2D eigenvalue weighted by atomic mass is 19.3. The minimum atomic E-state index is -3.00. The van der Waals surface area contributed by atoms with Gasteiger partial charge in [0.2, 0.25) is 5.91 Å². The zero-order valence-corrected chi connectivity index (χ0v) is 19.4. The molecule has 1 saturated heterocycles. The molecular formula is C24H27F3N6O. The van der Waals surface area contributed by atoms with Gasteiger partial charge in [0.1, 0.15) is 5.82 Å². The maximum Gasteiger partial charge on any atom is 0.270 e. The summed E-state index contributed by atoms with van der Waals surface area (Å²) in [5.74, 6) is -1.94. The number of rotatable bonds is 3. The first-order valence-electron chi connectivity index (χ1n) is 11.5. The molecule has 0 aliphatic carbocycles. The van der Waals surface area contributed by atoms with E-state index in [0.29, 0.717) is 55.7 Å². The molecule has 34 heavy (non-hydrogen) atoms. The molecule has 10 heteroatoms. The van der Waals surface area contributed by atoms with Crippen molar-refractivity contribution in [1.82, 2.24) is 24.6 Å². The molecule has 2 aliphatic heterocycles. The van der Waals surface area contributed by atoms with E-state index in [1.54, 1.807) is 0 Å². The van der Waals surface area contributed by atoms with Crippen LogP contribution in [0.1, 0.15) is 37.5 Å². The predicted octanol–water partition coefficient (Wildman–Crippen LogP) is 3.89. The lowest BCUT2D eigenvalue weighted by Gasteiger charge is -2.40. The number of nitrogens with zero attached hydrogens (tertiary/aromatic N) is 6. The molecule has 2 aliphatic rings. The van der Waals surface area contributed by atoms with Crippen molar-refractivity contribution in [1.29, 1.82) is 0 Å². The van der Waals surface area contributed by atoms with Crippen LogP contribution in [0.3, 0.4) is 0 Å². The van der Waals surface area contributed by atoms with Crippen LogP contribution in [-0.4, -0.2) is 50.2 Å². The molecule has 5 rings (SSSR count). The lowest BCUT2D eigenvalue weighted by Crippen LogP contribution is -2.49. The molecule has 2 atom stereocenters. The third kappa shape index (κ3) is 3.88. The van der Waals surface area contributed by atoms with Crippen molar-refractivity contribution in [2.45, 2.75) is 46.2 Å². The zero-order chi connectivity index (χ0) is 24.2. The van der Waals surface area contributed by atoms with E-state index in [0.717, 1.165) is 24.8 Å². The Morgan fingerprint density at radius 2 is 1.97 bits per heavy atom. The molecule has 1 amide bonds. The SMILES string of the molecule is Cc1nnc2n1CCN(C(=O)[C@H]1CCN(c3c(F)cnc4cc(C(C)(F)F)ccc34)C[C@H]1C)C2. The van der Waals surface area contributed by atoms with Crippen molar-refractivity contribution in [2.24, 2.45) is 11.8 Å². The third-order valence-electron chi connectivity index (χ3n) is 7.09. The second-order valence-corrected chi connectivity index (χ2v) is 9.47. The van der Waals surface area contributed by atoms with Gasteiger partial charge in [0.25, 0.3) is 5.92 Å². The van der Waals surface area contributed by atoms with E-state index >= 15 is 0 Å². The van der Waals surface area contributed by atoms with Crippen LogP contribution in [0.5, 0.6) is 0 Å². The molecule has 0 unspecified atom stereocenters. The Kier molecular flexibility index (Phi) is 5.49. The van der Waals surface area contributed by atoms with E-state index in [4.69, 9.17) is 0 Å². The molecule has 180 valence electrons. The molecule has 0 radical (unpaired) electrons. The van der Waals surface area contributed by atoms with Crippen LogP contribution in [0.4, 0.5) is 18.9 Å². The monoisotopic (exact) mass is 472 g/mol. The first-order chi connectivity index (χ1) is 16.1. The van der Waals surface area contributed by atoms with Crippen LogP contribution in [0.2, 0.25) is 0 Å². The molecule has 2 aromatic heterocycles. The summed E-state index contributed by atoms with van der Waals surface area (Å²) in [5.41, 5.74) is 0.527. The molecule has 4 heterocycles. The molecule has 0 N–H and O–H groups in total. The van der Waals surface area contributed by atoms with Gasteiger partial charge in [0, 0.05) is 50.0 Å². The smallest absolute Gasteiger partial charge is 0.270 e. The Bertz CT molecular complexity index is 1250. The summed E-state index contributed by atoms with van der Waals surface area (Å²) in [5, 5.41) is 8.78. The van der Waals surface area contributed by atoms with Crippen LogP contribution in [0.25, 0.3) is 10.9 Å². The van der Waals surface area contributed by atoms with Gasteiger partial charge in [-0.3, -0.25) is 9.78 Å². The van der Waals surface area contributed by atoms with Crippen molar-refractivity contribution >= 4 is 22.5 Å². The molecule has 0 bridgehead atoms. The average molecular weight is 473 g/mol. The van der Waals surface area contributed by atoms with Gasteiger partial charge in [-0.15, -0.1) is 10.2 Å². The fourth-order valence-electron chi connectivity index (χ4n) is 5.19. The van der Waals surface area contributed by atoms with Gasteiger partial charge < -0.3 is 14.4 Å². The Morgan fingerprint density at radius 3 is 2.71 bits per heavy atom. The number of alkyl halides is 2. The lowest BCUT2D eigenvalue weighted by atomic mass is 9.85. The van der Waals surface area contributed by atoms with Gasteiger partial charge in [-0.1, -0.05) is 19.1 Å². The number of fused-ring (bicyclic) bond motifs is 2. The maximum atomic E-state index is 14.9. The predicted molar refractivity (Wildman–Crippen MR) is 121 cm³/mol. The van der Waals surface area contributed by atoms with Crippen LogP contribution in [0, 0.1) is 24.6 Å². The van der Waals surface area contributed by atoms with E-state index in [2.05, 4.69) is 15.2 Å². The number of carbonyl (C=O) groups excluding carboxylic acids is 1. The largest absolute Gasteiger partial charge is 0.368 e. The van der Waals surface area contributed by atoms with Crippen LogP contribution < -0.4 is 4.90 Å². The van der Waals surface area contributed by atoms with Gasteiger partial charge in [-0.25, -0.2) is 13.2 Å². The number of hydrogen-bond acceptors (Lipinski definition) is 5. The number of amides is 1. The number of anilines is 1. The van der Waals surface area contributed by atoms with Gasteiger partial charge in [0.05, 0.1) is 23.9 Å². The van der Waals surface area contributed by atoms with Gasteiger partial charge in [-0.05, 0) is 25.3 Å². The standard InChI is InChI=1S/C24H27F3N6O/c1-14-12-31(22-18-5-4-16(24(3,26)27)10-20(18)28-11-19(22)25)7-6-17(14)23(34)32-8-9-33-15(2)29-30-21(33)13-32/h4-5,10-11,14,17H,6-9,12-13H2,1-3H3/t14-,17+/m1/s1. The number of aryl methyl sites for hydroxylation is 1. The summed E-state index contributed by atoms with van der Waals surface area (Å²) in [6.07, 6.45) is 1.67. The van der Waals surface area contributed by atoms with E-state index in [-0.39, 0.29) is 23.3 Å². The molecule has 0 saturated carbocycles. The van der Waals surface area contributed by atoms with Crippen LogP contribution >= 0.6 is 0 Å². The second kappa shape index (κ2) is 8.25. The highest BCUT2D eigenvalue weighted by Gasteiger charge is 2.36. The number of hydrogen-bond donors (Lipinski definition) is 0. The number of aromatic nitrogens is 4. The Labute approximate surface area is 195 Å². The second-order valence-electron chi connectivity index (χ2n) is 9.47. The number of pyridine rings is 1. The minimum Gasteiger partial charge on any atom is -0.368 e. The quantitative estimate of drug-likeness (QED) is 0.579. The lowest BCUT2D eigenvalue weighted by molar-refractivity contribution is -0.139. The number of carbonyl (C=O) groups is 1. The van der Waals surface area contributed by atoms with Crippen LogP contribution in [-0.2, 0) is 23.8 Å². The Balaban J connectivity index is 1.35. The zero-order valence-electron chi connectivity index (χ0n) is 19.4. The number of piperidine rings is 1. The summed E-state index contributed by atoms with van der Waals surface area (Å²) >= 11 is 0.